The molecule has 0 fully saturated rings. The number of hydrogen-bond donors (Lipinski definition) is 0. The highest BCUT2D eigenvalue weighted by atomic mass is 35.5. The average Bonchev–Trinajstić information content (AvgIpc) is 3.15. The summed E-state index contributed by atoms with van der Waals surface area (Å²) in [6, 6.07) is 10.5. The van der Waals surface area contributed by atoms with E-state index in [0.29, 0.717) is 12.3 Å². The number of nitrogens with zero attached hydrogens (tertiary/aromatic N) is 1. The summed E-state index contributed by atoms with van der Waals surface area (Å²) in [6.45, 7) is 3.88. The van der Waals surface area contributed by atoms with Crippen LogP contribution in [0.3, 0.4) is 0 Å². The summed E-state index contributed by atoms with van der Waals surface area (Å²) >= 11 is 6.51. The van der Waals surface area contributed by atoms with E-state index in [2.05, 4.69) is 60.2 Å². The second kappa shape index (κ2) is 8.95. The summed E-state index contributed by atoms with van der Waals surface area (Å²) in [7, 11) is 1.81. The number of methoxy groups -OCH3 is 1. The normalized spacial score (nSPS) is 25.3. The molecule has 1 aliphatic heterocycles. The fourth-order valence-corrected chi connectivity index (χ4v) is 5.54. The van der Waals surface area contributed by atoms with Crippen molar-refractivity contribution in [2.75, 3.05) is 7.11 Å². The first-order valence-corrected chi connectivity index (χ1v) is 11.3. The molecule has 4 heteroatoms. The van der Waals surface area contributed by atoms with Crippen LogP contribution in [0.25, 0.3) is 5.69 Å². The number of fused-ring (bicyclic) bond motifs is 3. The van der Waals surface area contributed by atoms with Crippen LogP contribution in [0, 0.1) is 11.8 Å². The van der Waals surface area contributed by atoms with Crippen molar-refractivity contribution in [3.05, 3.63) is 76.6 Å². The number of ketones is 1. The van der Waals surface area contributed by atoms with Crippen molar-refractivity contribution >= 4 is 17.4 Å². The zero-order valence-electron chi connectivity index (χ0n) is 18.0. The standard InChI is InChI=1S/C26H30ClNO2/c1-4-18-7-5-9-22(26(18)30-3)25-19(11-10-17(2)29)15-21-8-6-14-28(21)24-13-12-20(27)16-23(24)25/h5-9,12-14,16,19,22,25-26H,4,10-11,15H2,1-3H3. The molecular formula is C26H30ClNO2. The van der Waals surface area contributed by atoms with E-state index < -0.39 is 0 Å². The molecular weight excluding hydrogens is 394 g/mol. The number of carbonyl (C=O) groups is 1. The van der Waals surface area contributed by atoms with Crippen molar-refractivity contribution in [3.63, 3.8) is 0 Å². The molecule has 1 aromatic heterocycles. The molecule has 2 aliphatic rings. The molecule has 4 unspecified atom stereocenters. The van der Waals surface area contributed by atoms with Crippen molar-refractivity contribution in [2.24, 2.45) is 11.8 Å². The van der Waals surface area contributed by atoms with Gasteiger partial charge in [0.25, 0.3) is 0 Å². The van der Waals surface area contributed by atoms with E-state index in [9.17, 15) is 4.79 Å². The third kappa shape index (κ3) is 3.93. The van der Waals surface area contributed by atoms with Gasteiger partial charge in [-0.25, -0.2) is 0 Å². The number of halogens is 1. The van der Waals surface area contributed by atoms with Crippen molar-refractivity contribution in [1.82, 2.24) is 4.57 Å². The third-order valence-corrected chi connectivity index (χ3v) is 6.96. The van der Waals surface area contributed by atoms with Crippen LogP contribution in [0.1, 0.15) is 50.3 Å². The van der Waals surface area contributed by atoms with Crippen LogP contribution in [-0.4, -0.2) is 23.6 Å². The Morgan fingerprint density at radius 3 is 2.87 bits per heavy atom. The van der Waals surface area contributed by atoms with Gasteiger partial charge in [-0.1, -0.05) is 36.8 Å². The Labute approximate surface area is 184 Å². The zero-order chi connectivity index (χ0) is 21.3. The van der Waals surface area contributed by atoms with Crippen LogP contribution in [-0.2, 0) is 16.0 Å². The fraction of sp³-hybridized carbons (Fsp3) is 0.423. The number of rotatable bonds is 6. The van der Waals surface area contributed by atoms with Gasteiger partial charge in [-0.15, -0.1) is 0 Å². The molecule has 0 radical (unpaired) electrons. The second-order valence-corrected chi connectivity index (χ2v) is 8.95. The maximum Gasteiger partial charge on any atom is 0.129 e. The van der Waals surface area contributed by atoms with E-state index >= 15 is 0 Å². The molecule has 4 rings (SSSR count). The molecule has 4 atom stereocenters. The Kier molecular flexibility index (Phi) is 6.31. The van der Waals surface area contributed by atoms with Gasteiger partial charge in [-0.05, 0) is 79.5 Å². The topological polar surface area (TPSA) is 31.2 Å². The summed E-state index contributed by atoms with van der Waals surface area (Å²) in [5.41, 5.74) is 5.04. The zero-order valence-corrected chi connectivity index (χ0v) is 18.7. The Bertz CT molecular complexity index is 987. The van der Waals surface area contributed by atoms with Crippen LogP contribution in [0.4, 0.5) is 0 Å². The predicted octanol–water partition coefficient (Wildman–Crippen LogP) is 6.29. The minimum atomic E-state index is 0.0362. The Balaban J connectivity index is 1.87. The summed E-state index contributed by atoms with van der Waals surface area (Å²) < 4.78 is 8.34. The lowest BCUT2D eigenvalue weighted by molar-refractivity contribution is -0.117. The number of aromatic nitrogens is 1. The van der Waals surface area contributed by atoms with Crippen molar-refractivity contribution in [1.29, 1.82) is 0 Å². The number of carbonyl (C=O) groups excluding carboxylic acids is 1. The fourth-order valence-electron chi connectivity index (χ4n) is 5.36. The van der Waals surface area contributed by atoms with E-state index in [4.69, 9.17) is 16.3 Å². The Morgan fingerprint density at radius 1 is 1.30 bits per heavy atom. The lowest BCUT2D eigenvalue weighted by Gasteiger charge is -2.38. The molecule has 0 N–H and O–H groups in total. The summed E-state index contributed by atoms with van der Waals surface area (Å²) in [6.07, 6.45) is 12.2. The highest BCUT2D eigenvalue weighted by molar-refractivity contribution is 6.30. The van der Waals surface area contributed by atoms with Gasteiger partial charge in [0.2, 0.25) is 0 Å². The Morgan fingerprint density at radius 2 is 2.13 bits per heavy atom. The number of hydrogen-bond acceptors (Lipinski definition) is 2. The first-order chi connectivity index (χ1) is 14.5. The van der Waals surface area contributed by atoms with E-state index in [1.165, 1.54) is 22.5 Å². The van der Waals surface area contributed by atoms with Crippen molar-refractivity contribution in [2.45, 2.75) is 51.6 Å². The Hall–Kier alpha value is -2.10. The lowest BCUT2D eigenvalue weighted by atomic mass is 9.69. The molecule has 1 aromatic carbocycles. The molecule has 0 saturated carbocycles. The van der Waals surface area contributed by atoms with Gasteiger partial charge in [-0.3, -0.25) is 0 Å². The smallest absolute Gasteiger partial charge is 0.129 e. The molecule has 30 heavy (non-hydrogen) atoms. The molecule has 0 saturated heterocycles. The maximum atomic E-state index is 11.9. The molecule has 1 aliphatic carbocycles. The highest BCUT2D eigenvalue weighted by Gasteiger charge is 2.40. The van der Waals surface area contributed by atoms with E-state index in [0.717, 1.165) is 24.3 Å². The molecule has 3 nitrogen and oxygen atoms in total. The van der Waals surface area contributed by atoms with Crippen molar-refractivity contribution < 1.29 is 9.53 Å². The molecule has 2 heterocycles. The largest absolute Gasteiger partial charge is 0.376 e. The summed E-state index contributed by atoms with van der Waals surface area (Å²) in [4.78, 5) is 11.9. The minimum Gasteiger partial charge on any atom is -0.376 e. The van der Waals surface area contributed by atoms with Crippen LogP contribution in [0.2, 0.25) is 5.02 Å². The predicted molar refractivity (Wildman–Crippen MR) is 122 cm³/mol. The monoisotopic (exact) mass is 423 g/mol. The van der Waals surface area contributed by atoms with Crippen LogP contribution < -0.4 is 0 Å². The van der Waals surface area contributed by atoms with Gasteiger partial charge < -0.3 is 14.1 Å². The molecule has 0 amide bonds. The number of Topliss-reactive ketones (excluding diaryl/α,β-unsaturated/α-hetero) is 1. The maximum absolute atomic E-state index is 11.9. The average molecular weight is 424 g/mol. The molecule has 158 valence electrons. The molecule has 0 bridgehead atoms. The van der Waals surface area contributed by atoms with Crippen LogP contribution in [0.5, 0.6) is 0 Å². The van der Waals surface area contributed by atoms with E-state index in [1.807, 2.05) is 13.2 Å². The third-order valence-electron chi connectivity index (χ3n) is 6.72. The molecule has 0 spiro atoms. The van der Waals surface area contributed by atoms with E-state index in [-0.39, 0.29) is 23.7 Å². The van der Waals surface area contributed by atoms with E-state index in [1.54, 1.807) is 6.92 Å². The van der Waals surface area contributed by atoms with Crippen molar-refractivity contribution in [3.8, 4) is 5.69 Å². The molecule has 2 aromatic rings. The minimum absolute atomic E-state index is 0.0362. The summed E-state index contributed by atoms with van der Waals surface area (Å²) in [5, 5.41) is 0.750. The van der Waals surface area contributed by atoms with Gasteiger partial charge in [0.1, 0.15) is 5.78 Å². The SMILES string of the molecule is CCC1=CC=CC(C2c3cc(Cl)ccc3-n3cccc3CC2CCC(C)=O)C1OC. The van der Waals surface area contributed by atoms with Gasteiger partial charge in [0, 0.05) is 42.0 Å². The summed E-state index contributed by atoms with van der Waals surface area (Å²) in [5.74, 6) is 0.991. The first-order valence-electron chi connectivity index (χ1n) is 10.9. The van der Waals surface area contributed by atoms with Crippen LogP contribution in [0.15, 0.2) is 60.3 Å². The quantitative estimate of drug-likeness (QED) is 0.546. The highest BCUT2D eigenvalue weighted by Crippen LogP contribution is 2.47. The second-order valence-electron chi connectivity index (χ2n) is 8.52. The number of allylic oxidation sites excluding steroid dienone is 2. The first kappa shape index (κ1) is 21.1. The lowest BCUT2D eigenvalue weighted by Crippen LogP contribution is -2.34. The van der Waals surface area contributed by atoms with Gasteiger partial charge in [0.15, 0.2) is 0 Å². The van der Waals surface area contributed by atoms with Gasteiger partial charge in [0.05, 0.1) is 6.10 Å². The van der Waals surface area contributed by atoms with Crippen LogP contribution >= 0.6 is 11.6 Å². The van der Waals surface area contributed by atoms with Gasteiger partial charge >= 0.3 is 0 Å². The number of ether oxygens (including phenoxy) is 1. The van der Waals surface area contributed by atoms with Gasteiger partial charge in [-0.2, -0.15) is 0 Å². The number of benzene rings is 1.